The Hall–Kier alpha value is -2.90. The van der Waals surface area contributed by atoms with Crippen molar-refractivity contribution in [1.82, 2.24) is 15.5 Å². The van der Waals surface area contributed by atoms with Crippen molar-refractivity contribution >= 4 is 23.8 Å². The maximum absolute atomic E-state index is 12.3. The van der Waals surface area contributed by atoms with E-state index >= 15 is 0 Å². The van der Waals surface area contributed by atoms with E-state index in [1.807, 2.05) is 6.07 Å². The third-order valence-electron chi connectivity index (χ3n) is 4.51. The third kappa shape index (κ3) is 5.29. The molecule has 8 nitrogen and oxygen atoms in total. The number of likely N-dealkylation sites (tertiary alicyclic amines) is 1. The number of carbonyl (C=O) groups excluding carboxylic acids is 4. The second-order valence-corrected chi connectivity index (χ2v) is 6.90. The average molecular weight is 373 g/mol. The number of rotatable bonds is 6. The monoisotopic (exact) mass is 373 g/mol. The lowest BCUT2D eigenvalue weighted by Gasteiger charge is -2.16. The van der Waals surface area contributed by atoms with Crippen LogP contribution >= 0.6 is 0 Å². The Morgan fingerprint density at radius 1 is 1.30 bits per heavy atom. The number of nitrogens with zero attached hydrogens (tertiary/aromatic N) is 1. The maximum Gasteiger partial charge on any atom is 0.338 e. The van der Waals surface area contributed by atoms with Crippen LogP contribution in [0, 0.1) is 0 Å². The molecule has 1 saturated carbocycles. The van der Waals surface area contributed by atoms with Crippen molar-refractivity contribution < 1.29 is 23.9 Å². The van der Waals surface area contributed by atoms with Crippen LogP contribution in [0.5, 0.6) is 0 Å². The van der Waals surface area contributed by atoms with Crippen LogP contribution < -0.4 is 10.6 Å². The third-order valence-corrected chi connectivity index (χ3v) is 4.51. The minimum atomic E-state index is -1.11. The molecule has 0 radical (unpaired) electrons. The molecule has 2 N–H and O–H groups in total. The van der Waals surface area contributed by atoms with E-state index in [1.165, 1.54) is 6.92 Å². The minimum absolute atomic E-state index is 0.109. The van der Waals surface area contributed by atoms with Crippen LogP contribution in [-0.2, 0) is 20.9 Å². The van der Waals surface area contributed by atoms with Crippen molar-refractivity contribution in [2.24, 2.45) is 0 Å². The van der Waals surface area contributed by atoms with Crippen LogP contribution in [0.2, 0.25) is 0 Å². The summed E-state index contributed by atoms with van der Waals surface area (Å²) in [5.74, 6) is -1.23. The number of benzene rings is 1. The zero-order valence-corrected chi connectivity index (χ0v) is 15.2. The summed E-state index contributed by atoms with van der Waals surface area (Å²) in [5, 5.41) is 4.79. The van der Waals surface area contributed by atoms with Gasteiger partial charge in [-0.15, -0.1) is 0 Å². The van der Waals surface area contributed by atoms with E-state index in [0.717, 1.165) is 24.8 Å². The maximum atomic E-state index is 12.3. The van der Waals surface area contributed by atoms with E-state index in [9.17, 15) is 19.2 Å². The molecule has 1 saturated heterocycles. The Morgan fingerprint density at radius 2 is 2.07 bits per heavy atom. The molecule has 0 spiro atoms. The number of hydrogen-bond donors (Lipinski definition) is 2. The molecule has 1 unspecified atom stereocenters. The van der Waals surface area contributed by atoms with Gasteiger partial charge in [0.2, 0.25) is 5.91 Å². The first-order chi connectivity index (χ1) is 12.9. The molecule has 27 heavy (non-hydrogen) atoms. The van der Waals surface area contributed by atoms with Crippen LogP contribution in [0.1, 0.15) is 48.5 Å². The molecule has 1 aromatic carbocycles. The number of nitrogens with one attached hydrogen (secondary N) is 2. The lowest BCUT2D eigenvalue weighted by Crippen LogP contribution is -2.45. The van der Waals surface area contributed by atoms with E-state index in [2.05, 4.69) is 10.6 Å². The average Bonchev–Trinajstić information content (AvgIpc) is 3.35. The first-order valence-corrected chi connectivity index (χ1v) is 9.11. The zero-order chi connectivity index (χ0) is 19.4. The topological polar surface area (TPSA) is 105 Å². The van der Waals surface area contributed by atoms with Gasteiger partial charge in [-0.05, 0) is 43.9 Å². The van der Waals surface area contributed by atoms with Gasteiger partial charge in [-0.3, -0.25) is 14.9 Å². The van der Waals surface area contributed by atoms with Gasteiger partial charge < -0.3 is 15.0 Å². The summed E-state index contributed by atoms with van der Waals surface area (Å²) in [6.45, 7) is 2.56. The molecule has 4 amide bonds. The first-order valence-electron chi connectivity index (χ1n) is 9.11. The van der Waals surface area contributed by atoms with E-state index in [-0.39, 0.29) is 11.9 Å². The van der Waals surface area contributed by atoms with Crippen LogP contribution in [0.25, 0.3) is 0 Å². The molecule has 0 bridgehead atoms. The summed E-state index contributed by atoms with van der Waals surface area (Å²) in [5.41, 5.74) is 1.11. The molecule has 8 heteroatoms. The summed E-state index contributed by atoms with van der Waals surface area (Å²) < 4.78 is 5.15. The Morgan fingerprint density at radius 3 is 2.74 bits per heavy atom. The number of esters is 1. The lowest BCUT2D eigenvalue weighted by atomic mass is 10.1. The number of carbonyl (C=O) groups is 4. The largest absolute Gasteiger partial charge is 0.449 e. The summed E-state index contributed by atoms with van der Waals surface area (Å²) in [4.78, 5) is 49.3. The van der Waals surface area contributed by atoms with E-state index < -0.39 is 24.0 Å². The molecular weight excluding hydrogens is 350 g/mol. The predicted octanol–water partition coefficient (Wildman–Crippen LogP) is 1.34. The molecular formula is C19H23N3O5. The standard InChI is InChI=1S/C19H23N3O5/c1-12(17(24)21-19(26)20-15-7-8-15)27-18(25)14-5-2-4-13(10-14)11-22-9-3-6-16(22)23/h2,4-5,10,12,15H,3,6-9,11H2,1H3,(H2,20,21,24,26). The second kappa shape index (κ2) is 8.20. The van der Waals surface area contributed by atoms with Crippen LogP contribution in [-0.4, -0.2) is 47.4 Å². The summed E-state index contributed by atoms with van der Waals surface area (Å²) in [6.07, 6.45) is 2.12. The molecule has 1 heterocycles. The fourth-order valence-corrected chi connectivity index (χ4v) is 2.83. The quantitative estimate of drug-likeness (QED) is 0.732. The van der Waals surface area contributed by atoms with Gasteiger partial charge in [0.05, 0.1) is 5.56 Å². The molecule has 2 fully saturated rings. The number of amides is 4. The summed E-state index contributed by atoms with van der Waals surface area (Å²) >= 11 is 0. The minimum Gasteiger partial charge on any atom is -0.449 e. The van der Waals surface area contributed by atoms with Crippen LogP contribution in [0.4, 0.5) is 4.79 Å². The highest BCUT2D eigenvalue weighted by atomic mass is 16.5. The van der Waals surface area contributed by atoms with Crippen molar-refractivity contribution in [2.75, 3.05) is 6.54 Å². The number of urea groups is 1. The molecule has 0 aromatic heterocycles. The molecule has 1 aromatic rings. The van der Waals surface area contributed by atoms with E-state index in [4.69, 9.17) is 4.74 Å². The first kappa shape index (κ1) is 18.9. The van der Waals surface area contributed by atoms with Crippen LogP contribution in [0.15, 0.2) is 24.3 Å². The SMILES string of the molecule is CC(OC(=O)c1cccc(CN2CCCC2=O)c1)C(=O)NC(=O)NC1CC1. The van der Waals surface area contributed by atoms with E-state index in [1.54, 1.807) is 23.1 Å². The fourth-order valence-electron chi connectivity index (χ4n) is 2.83. The second-order valence-electron chi connectivity index (χ2n) is 6.90. The Bertz CT molecular complexity index is 759. The highest BCUT2D eigenvalue weighted by Gasteiger charge is 2.26. The van der Waals surface area contributed by atoms with Gasteiger partial charge in [-0.1, -0.05) is 12.1 Å². The molecule has 1 atom stereocenters. The number of hydrogen-bond acceptors (Lipinski definition) is 5. The molecule has 1 aliphatic heterocycles. The molecule has 2 aliphatic rings. The molecule has 1 aliphatic carbocycles. The Labute approximate surface area is 157 Å². The van der Waals surface area contributed by atoms with Crippen molar-refractivity contribution in [3.05, 3.63) is 35.4 Å². The summed E-state index contributed by atoms with van der Waals surface area (Å²) in [6, 6.07) is 6.32. The van der Waals surface area contributed by atoms with Crippen LogP contribution in [0.3, 0.4) is 0 Å². The van der Waals surface area contributed by atoms with Gasteiger partial charge >= 0.3 is 12.0 Å². The van der Waals surface area contributed by atoms with Crippen molar-refractivity contribution in [3.8, 4) is 0 Å². The fraction of sp³-hybridized carbons (Fsp3) is 0.474. The highest BCUT2D eigenvalue weighted by molar-refractivity contribution is 5.98. The lowest BCUT2D eigenvalue weighted by molar-refractivity contribution is -0.128. The van der Waals surface area contributed by atoms with Gasteiger partial charge in [0.1, 0.15) is 0 Å². The Kier molecular flexibility index (Phi) is 5.73. The highest BCUT2D eigenvalue weighted by Crippen LogP contribution is 2.18. The number of ether oxygens (including phenoxy) is 1. The molecule has 144 valence electrons. The van der Waals surface area contributed by atoms with Crippen molar-refractivity contribution in [2.45, 2.75) is 51.3 Å². The van der Waals surface area contributed by atoms with Gasteiger partial charge in [0.15, 0.2) is 6.10 Å². The van der Waals surface area contributed by atoms with Gasteiger partial charge in [0, 0.05) is 25.6 Å². The van der Waals surface area contributed by atoms with Crippen molar-refractivity contribution in [3.63, 3.8) is 0 Å². The smallest absolute Gasteiger partial charge is 0.338 e. The van der Waals surface area contributed by atoms with Gasteiger partial charge in [-0.2, -0.15) is 0 Å². The van der Waals surface area contributed by atoms with E-state index in [0.29, 0.717) is 25.1 Å². The zero-order valence-electron chi connectivity index (χ0n) is 15.2. The normalized spacial score (nSPS) is 17.4. The van der Waals surface area contributed by atoms with Crippen molar-refractivity contribution in [1.29, 1.82) is 0 Å². The Balaban J connectivity index is 1.53. The molecule has 3 rings (SSSR count). The number of imide groups is 1. The summed E-state index contributed by atoms with van der Waals surface area (Å²) in [7, 11) is 0. The van der Waals surface area contributed by atoms with Gasteiger partial charge in [-0.25, -0.2) is 9.59 Å². The predicted molar refractivity (Wildman–Crippen MR) is 95.7 cm³/mol. The van der Waals surface area contributed by atoms with Gasteiger partial charge in [0.25, 0.3) is 5.91 Å².